The fourth-order valence-corrected chi connectivity index (χ4v) is 5.38. The zero-order valence-electron chi connectivity index (χ0n) is 21.4. The van der Waals surface area contributed by atoms with Crippen LogP contribution in [0.15, 0.2) is 48.9 Å². The lowest BCUT2D eigenvalue weighted by Gasteiger charge is -2.34. The Morgan fingerprint density at radius 2 is 1.86 bits per heavy atom. The molecule has 2 aromatic heterocycles. The van der Waals surface area contributed by atoms with Crippen LogP contribution in [0.3, 0.4) is 0 Å². The number of aryl methyl sites for hydroxylation is 2. The molecule has 2 atom stereocenters. The topological polar surface area (TPSA) is 98.8 Å². The Bertz CT molecular complexity index is 1420. The van der Waals surface area contributed by atoms with Crippen molar-refractivity contribution in [2.24, 2.45) is 0 Å². The SMILES string of the molecule is C=C1Oc2ccc(Nc3nc(Nc4ccc(N5CC6CC5CN6C)c(C)c4)ncc3C)nc2N(C)C1=O. The number of hydrogen-bond donors (Lipinski definition) is 2. The molecule has 1 aromatic carbocycles. The van der Waals surface area contributed by atoms with E-state index >= 15 is 0 Å². The Morgan fingerprint density at radius 1 is 1.03 bits per heavy atom. The largest absolute Gasteiger partial charge is 0.448 e. The van der Waals surface area contributed by atoms with E-state index in [0.717, 1.165) is 24.3 Å². The van der Waals surface area contributed by atoms with Crippen LogP contribution in [0.25, 0.3) is 0 Å². The van der Waals surface area contributed by atoms with E-state index in [4.69, 9.17) is 4.74 Å². The summed E-state index contributed by atoms with van der Waals surface area (Å²) < 4.78 is 5.48. The van der Waals surface area contributed by atoms with Crippen LogP contribution in [0.2, 0.25) is 0 Å². The zero-order chi connectivity index (χ0) is 25.8. The van der Waals surface area contributed by atoms with Crippen LogP contribution >= 0.6 is 0 Å². The first-order chi connectivity index (χ1) is 17.8. The van der Waals surface area contributed by atoms with Crippen molar-refractivity contribution in [3.63, 3.8) is 0 Å². The Morgan fingerprint density at radius 3 is 2.59 bits per heavy atom. The Balaban J connectivity index is 1.19. The molecule has 10 nitrogen and oxygen atoms in total. The number of amides is 1. The van der Waals surface area contributed by atoms with Gasteiger partial charge in [0.05, 0.1) is 0 Å². The van der Waals surface area contributed by atoms with Crippen molar-refractivity contribution in [3.05, 3.63) is 60.0 Å². The van der Waals surface area contributed by atoms with E-state index in [2.05, 4.69) is 74.1 Å². The Hall–Kier alpha value is -4.18. The molecule has 2 fully saturated rings. The van der Waals surface area contributed by atoms with Gasteiger partial charge in [-0.15, -0.1) is 0 Å². The smallest absolute Gasteiger partial charge is 0.294 e. The minimum atomic E-state index is -0.326. The van der Waals surface area contributed by atoms with Gasteiger partial charge in [-0.2, -0.15) is 4.98 Å². The summed E-state index contributed by atoms with van der Waals surface area (Å²) in [6, 6.07) is 11.2. The third kappa shape index (κ3) is 4.13. The van der Waals surface area contributed by atoms with E-state index in [1.165, 1.54) is 22.6 Å². The summed E-state index contributed by atoms with van der Waals surface area (Å²) in [5.74, 6) is 2.27. The number of anilines is 6. The molecule has 0 radical (unpaired) electrons. The standard InChI is InChI=1S/C27H30N8O2/c1-15-10-18(6-7-21(15)35-14-19-11-20(35)13-33(19)4)29-27-28-12-16(2)24(32-27)30-23-9-8-22-25(31-23)34(5)26(36)17(3)37-22/h6-10,12,19-20H,3,11,13-14H2,1-2,4-5H3,(H2,28,29,30,31,32). The summed E-state index contributed by atoms with van der Waals surface area (Å²) in [6.07, 6.45) is 3.01. The van der Waals surface area contributed by atoms with Crippen molar-refractivity contribution >= 4 is 40.7 Å². The minimum absolute atomic E-state index is 0.0726. The van der Waals surface area contributed by atoms with E-state index in [9.17, 15) is 4.79 Å². The highest BCUT2D eigenvalue weighted by atomic mass is 16.5. The highest BCUT2D eigenvalue weighted by Crippen LogP contribution is 2.37. The molecule has 2 saturated heterocycles. The number of aromatic nitrogens is 3. The van der Waals surface area contributed by atoms with Crippen molar-refractivity contribution in [1.29, 1.82) is 0 Å². The van der Waals surface area contributed by atoms with Gasteiger partial charge in [-0.05, 0) is 63.2 Å². The van der Waals surface area contributed by atoms with Gasteiger partial charge in [-0.25, -0.2) is 9.97 Å². The van der Waals surface area contributed by atoms with Crippen molar-refractivity contribution in [3.8, 4) is 5.75 Å². The zero-order valence-corrected chi connectivity index (χ0v) is 21.4. The molecule has 2 N–H and O–H groups in total. The molecule has 1 amide bonds. The summed E-state index contributed by atoms with van der Waals surface area (Å²) in [7, 11) is 3.86. The van der Waals surface area contributed by atoms with Crippen LogP contribution in [0, 0.1) is 13.8 Å². The molecule has 37 heavy (non-hydrogen) atoms. The van der Waals surface area contributed by atoms with Crippen LogP contribution in [-0.2, 0) is 4.79 Å². The van der Waals surface area contributed by atoms with Gasteiger partial charge in [0.1, 0.15) is 11.6 Å². The number of likely N-dealkylation sites (N-methyl/N-ethyl adjacent to an activating group) is 2. The third-order valence-corrected chi connectivity index (χ3v) is 7.43. The number of piperazine rings is 1. The monoisotopic (exact) mass is 498 g/mol. The van der Waals surface area contributed by atoms with Crippen molar-refractivity contribution < 1.29 is 9.53 Å². The second kappa shape index (κ2) is 8.74. The van der Waals surface area contributed by atoms with Gasteiger partial charge in [-0.1, -0.05) is 6.58 Å². The molecule has 0 aliphatic carbocycles. The summed E-state index contributed by atoms with van der Waals surface area (Å²) in [5, 5.41) is 6.58. The van der Waals surface area contributed by atoms with Crippen LogP contribution in [-0.4, -0.2) is 65.0 Å². The summed E-state index contributed by atoms with van der Waals surface area (Å²) in [4.78, 5) is 32.3. The highest BCUT2D eigenvalue weighted by molar-refractivity contribution is 6.06. The van der Waals surface area contributed by atoms with Gasteiger partial charge in [-0.3, -0.25) is 14.6 Å². The van der Waals surface area contributed by atoms with E-state index in [-0.39, 0.29) is 11.7 Å². The van der Waals surface area contributed by atoms with E-state index in [1.54, 1.807) is 25.4 Å². The number of hydrogen-bond acceptors (Lipinski definition) is 9. The number of carbonyl (C=O) groups excluding carboxylic acids is 1. The molecule has 6 rings (SSSR count). The molecule has 3 aromatic rings. The minimum Gasteiger partial charge on any atom is -0.448 e. The first-order valence-electron chi connectivity index (χ1n) is 12.4. The molecule has 0 saturated carbocycles. The van der Waals surface area contributed by atoms with Crippen molar-refractivity contribution in [2.45, 2.75) is 32.4 Å². The molecule has 10 heteroatoms. The number of pyridine rings is 1. The van der Waals surface area contributed by atoms with Gasteiger partial charge in [0.2, 0.25) is 5.95 Å². The summed E-state index contributed by atoms with van der Waals surface area (Å²) in [5.41, 5.74) is 4.32. The van der Waals surface area contributed by atoms with Gasteiger partial charge >= 0.3 is 0 Å². The molecule has 0 spiro atoms. The first kappa shape index (κ1) is 23.2. The molecular weight excluding hydrogens is 468 g/mol. The van der Waals surface area contributed by atoms with Crippen LogP contribution in [0.4, 0.5) is 34.8 Å². The predicted molar refractivity (Wildman–Crippen MR) is 144 cm³/mol. The number of rotatable bonds is 5. The maximum Gasteiger partial charge on any atom is 0.294 e. The quantitative estimate of drug-likeness (QED) is 0.510. The number of fused-ring (bicyclic) bond motifs is 3. The number of nitrogens with zero attached hydrogens (tertiary/aromatic N) is 6. The Labute approximate surface area is 216 Å². The van der Waals surface area contributed by atoms with Gasteiger partial charge in [0.15, 0.2) is 17.3 Å². The van der Waals surface area contributed by atoms with Crippen molar-refractivity contribution in [1.82, 2.24) is 19.9 Å². The maximum absolute atomic E-state index is 12.2. The highest BCUT2D eigenvalue weighted by Gasteiger charge is 2.41. The lowest BCUT2D eigenvalue weighted by molar-refractivity contribution is -0.117. The molecule has 3 aliphatic heterocycles. The molecule has 2 bridgehead atoms. The number of benzene rings is 1. The molecule has 2 unspecified atom stereocenters. The number of carbonyl (C=O) groups is 1. The third-order valence-electron chi connectivity index (χ3n) is 7.43. The fourth-order valence-electron chi connectivity index (χ4n) is 5.38. The van der Waals surface area contributed by atoms with E-state index < -0.39 is 0 Å². The average Bonchev–Trinajstić information content (AvgIpc) is 3.45. The lowest BCUT2D eigenvalue weighted by atomic mass is 10.1. The summed E-state index contributed by atoms with van der Waals surface area (Å²) >= 11 is 0. The Kier molecular flexibility index (Phi) is 5.49. The van der Waals surface area contributed by atoms with Gasteiger partial charge < -0.3 is 20.3 Å². The predicted octanol–water partition coefficient (Wildman–Crippen LogP) is 3.74. The molecule has 190 valence electrons. The van der Waals surface area contributed by atoms with E-state index in [1.807, 2.05) is 6.92 Å². The van der Waals surface area contributed by atoms with Gasteiger partial charge in [0, 0.05) is 55.4 Å². The van der Waals surface area contributed by atoms with Crippen LogP contribution < -0.4 is 25.2 Å². The number of ether oxygens (including phenoxy) is 1. The van der Waals surface area contributed by atoms with Gasteiger partial charge in [0.25, 0.3) is 5.91 Å². The average molecular weight is 499 g/mol. The number of likely N-dealkylation sites (tertiary alicyclic amines) is 1. The van der Waals surface area contributed by atoms with Crippen LogP contribution in [0.1, 0.15) is 17.5 Å². The maximum atomic E-state index is 12.2. The van der Waals surface area contributed by atoms with Crippen LogP contribution in [0.5, 0.6) is 5.75 Å². The molecule has 5 heterocycles. The first-order valence-corrected chi connectivity index (χ1v) is 12.4. The summed E-state index contributed by atoms with van der Waals surface area (Å²) in [6.45, 7) is 9.95. The normalized spacial score (nSPS) is 20.8. The second-order valence-electron chi connectivity index (χ2n) is 10.0. The van der Waals surface area contributed by atoms with Crippen molar-refractivity contribution in [2.75, 3.05) is 47.6 Å². The molecule has 3 aliphatic rings. The fraction of sp³-hybridized carbons (Fsp3) is 0.333. The van der Waals surface area contributed by atoms with E-state index in [0.29, 0.717) is 41.2 Å². The molecular formula is C27H30N8O2. The lowest BCUT2D eigenvalue weighted by Crippen LogP contribution is -2.44. The second-order valence-corrected chi connectivity index (χ2v) is 10.0. The number of nitrogens with one attached hydrogen (secondary N) is 2.